The van der Waals surface area contributed by atoms with Crippen LogP contribution in [0.5, 0.6) is 5.75 Å². The summed E-state index contributed by atoms with van der Waals surface area (Å²) in [5.74, 6) is 0.339. The number of ether oxygens (including phenoxy) is 2. The van der Waals surface area contributed by atoms with E-state index in [1.807, 2.05) is 43.3 Å². The minimum atomic E-state index is -3.44. The first-order valence-corrected chi connectivity index (χ1v) is 10.4. The van der Waals surface area contributed by atoms with Gasteiger partial charge >= 0.3 is 5.97 Å². The molecule has 0 spiro atoms. The minimum Gasteiger partial charge on any atom is -0.497 e. The third-order valence-electron chi connectivity index (χ3n) is 4.28. The molecule has 0 amide bonds. The molecule has 1 aromatic rings. The Morgan fingerprint density at radius 2 is 1.96 bits per heavy atom. The molecular formula is C17H27NO4S. The number of morpholine rings is 1. The van der Waals surface area contributed by atoms with E-state index in [4.69, 9.17) is 9.47 Å². The molecular weight excluding hydrogens is 314 g/mol. The van der Waals surface area contributed by atoms with Crippen LogP contribution in [0.25, 0.3) is 0 Å². The van der Waals surface area contributed by atoms with Crippen LogP contribution in [0, 0.1) is 5.41 Å². The van der Waals surface area contributed by atoms with Crippen LogP contribution >= 0.6 is 0 Å². The van der Waals surface area contributed by atoms with Gasteiger partial charge in [0.15, 0.2) is 0 Å². The zero-order chi connectivity index (χ0) is 17.5. The molecule has 1 aliphatic rings. The highest BCUT2D eigenvalue weighted by Crippen LogP contribution is 2.42. The predicted octanol–water partition coefficient (Wildman–Crippen LogP) is 2.32. The van der Waals surface area contributed by atoms with Crippen molar-refractivity contribution in [3.05, 3.63) is 24.3 Å². The molecule has 0 radical (unpaired) electrons. The van der Waals surface area contributed by atoms with Gasteiger partial charge in [-0.15, -0.1) is 0 Å². The van der Waals surface area contributed by atoms with Crippen LogP contribution in [0.2, 0.25) is 0 Å². The van der Waals surface area contributed by atoms with Crippen molar-refractivity contribution in [3.63, 3.8) is 0 Å². The van der Waals surface area contributed by atoms with E-state index in [-0.39, 0.29) is 18.0 Å². The second kappa shape index (κ2) is 5.60. The number of rotatable bonds is 3. The number of methoxy groups -OCH3 is 1. The smallest absolute Gasteiger partial charge is 0.324 e. The monoisotopic (exact) mass is 341 g/mol. The van der Waals surface area contributed by atoms with Gasteiger partial charge in [0.1, 0.15) is 18.4 Å². The van der Waals surface area contributed by atoms with Crippen LogP contribution in [0.1, 0.15) is 20.8 Å². The molecule has 1 saturated heterocycles. The van der Waals surface area contributed by atoms with Crippen molar-refractivity contribution in [1.29, 1.82) is 0 Å². The topological polar surface area (TPSA) is 55.8 Å². The van der Waals surface area contributed by atoms with Crippen LogP contribution in [-0.2, 0) is 18.8 Å². The zero-order valence-corrected chi connectivity index (χ0v) is 15.6. The average Bonchev–Trinajstić information content (AvgIpc) is 2.45. The highest BCUT2D eigenvalue weighted by Gasteiger charge is 2.49. The van der Waals surface area contributed by atoms with Gasteiger partial charge in [0, 0.05) is 24.0 Å². The summed E-state index contributed by atoms with van der Waals surface area (Å²) in [6.45, 7) is 6.60. The van der Waals surface area contributed by atoms with Crippen LogP contribution in [0.4, 0.5) is 0 Å². The Morgan fingerprint density at radius 1 is 1.30 bits per heavy atom. The molecule has 130 valence electrons. The standard InChI is InChI=1S/C17H27NO4S/c1-17(2,3)15-16(19)22-11-10-18(15)23(5,6,20)14-9-7-8-13(12-14)21-4/h7-9,12,15H,10-11H2,1-6H3. The molecule has 1 aliphatic heterocycles. The van der Waals surface area contributed by atoms with E-state index >= 15 is 0 Å². The SMILES string of the molecule is COc1cccc(S(C)(C)(=O)N2CCOC(=O)C2C(C)(C)C)c1. The van der Waals surface area contributed by atoms with Crippen LogP contribution in [0.3, 0.4) is 0 Å². The molecule has 1 aromatic carbocycles. The highest BCUT2D eigenvalue weighted by molar-refractivity contribution is 8.16. The quantitative estimate of drug-likeness (QED) is 0.792. The van der Waals surface area contributed by atoms with Crippen LogP contribution in [0.15, 0.2) is 29.2 Å². The summed E-state index contributed by atoms with van der Waals surface area (Å²) in [5.41, 5.74) is -0.385. The molecule has 1 fully saturated rings. The Hall–Kier alpha value is -1.40. The van der Waals surface area contributed by atoms with Crippen LogP contribution in [-0.4, -0.2) is 53.3 Å². The van der Waals surface area contributed by atoms with Gasteiger partial charge in [-0.05, 0) is 32.9 Å². The third-order valence-corrected chi connectivity index (χ3v) is 7.64. The van der Waals surface area contributed by atoms with Gasteiger partial charge in [0.05, 0.1) is 7.11 Å². The first-order valence-electron chi connectivity index (χ1n) is 7.65. The molecule has 6 heteroatoms. The summed E-state index contributed by atoms with van der Waals surface area (Å²) in [6, 6.07) is 6.70. The zero-order valence-electron chi connectivity index (χ0n) is 14.8. The summed E-state index contributed by atoms with van der Waals surface area (Å²) in [4.78, 5) is 13.1. The number of benzene rings is 1. The molecule has 0 aliphatic carbocycles. The third kappa shape index (κ3) is 3.28. The molecule has 0 saturated carbocycles. The highest BCUT2D eigenvalue weighted by atomic mass is 32.3. The molecule has 0 aromatic heterocycles. The Labute approximate surface area is 138 Å². The molecule has 5 nitrogen and oxygen atoms in total. The summed E-state index contributed by atoms with van der Waals surface area (Å²) in [5, 5.41) is 0. The Balaban J connectivity index is 2.58. The summed E-state index contributed by atoms with van der Waals surface area (Å²) < 4.78 is 26.4. The molecule has 23 heavy (non-hydrogen) atoms. The van der Waals surface area contributed by atoms with Crippen molar-refractivity contribution in [3.8, 4) is 5.75 Å². The fourth-order valence-electron chi connectivity index (χ4n) is 3.02. The van der Waals surface area contributed by atoms with E-state index in [0.717, 1.165) is 0 Å². The number of carbonyl (C=O) groups excluding carboxylic acids is 1. The Kier molecular flexibility index (Phi) is 4.37. The summed E-state index contributed by atoms with van der Waals surface area (Å²) in [7, 11) is -1.85. The van der Waals surface area contributed by atoms with Crippen molar-refractivity contribution in [2.24, 2.45) is 5.41 Å². The fraction of sp³-hybridized carbons (Fsp3) is 0.588. The maximum absolute atomic E-state index is 14.1. The van der Waals surface area contributed by atoms with E-state index in [9.17, 15) is 9.00 Å². The van der Waals surface area contributed by atoms with E-state index in [2.05, 4.69) is 0 Å². The van der Waals surface area contributed by atoms with Gasteiger partial charge < -0.3 is 9.47 Å². The predicted molar refractivity (Wildman–Crippen MR) is 92.2 cm³/mol. The van der Waals surface area contributed by atoms with Crippen molar-refractivity contribution in [1.82, 2.24) is 4.31 Å². The van der Waals surface area contributed by atoms with E-state index in [0.29, 0.717) is 17.2 Å². The lowest BCUT2D eigenvalue weighted by atomic mass is 9.86. The average molecular weight is 341 g/mol. The number of hydrogen-bond donors (Lipinski definition) is 0. The van der Waals surface area contributed by atoms with Crippen molar-refractivity contribution in [2.45, 2.75) is 31.7 Å². The van der Waals surface area contributed by atoms with Gasteiger partial charge in [-0.25, -0.2) is 4.31 Å². The summed E-state index contributed by atoms with van der Waals surface area (Å²) in [6.07, 6.45) is 3.45. The van der Waals surface area contributed by atoms with E-state index in [1.165, 1.54) is 0 Å². The number of nitrogens with zero attached hydrogens (tertiary/aromatic N) is 1. The largest absolute Gasteiger partial charge is 0.497 e. The first-order chi connectivity index (χ1) is 10.5. The fourth-order valence-corrected chi connectivity index (χ4v) is 5.83. The lowest BCUT2D eigenvalue weighted by Crippen LogP contribution is -2.64. The molecule has 1 heterocycles. The lowest BCUT2D eigenvalue weighted by molar-refractivity contribution is -0.158. The van der Waals surface area contributed by atoms with Crippen molar-refractivity contribution < 1.29 is 18.5 Å². The molecule has 1 atom stereocenters. The lowest BCUT2D eigenvalue weighted by Gasteiger charge is -2.53. The molecule has 0 N–H and O–H groups in total. The molecule has 1 unspecified atom stereocenters. The van der Waals surface area contributed by atoms with Crippen LogP contribution < -0.4 is 4.74 Å². The molecule has 0 bridgehead atoms. The van der Waals surface area contributed by atoms with Gasteiger partial charge in [-0.1, -0.05) is 26.8 Å². The summed E-state index contributed by atoms with van der Waals surface area (Å²) >= 11 is 0. The normalized spacial score (nSPS) is 22.1. The first kappa shape index (κ1) is 17.9. The van der Waals surface area contributed by atoms with Gasteiger partial charge in [0.25, 0.3) is 0 Å². The van der Waals surface area contributed by atoms with E-state index in [1.54, 1.807) is 25.7 Å². The second-order valence-corrected chi connectivity index (χ2v) is 12.0. The van der Waals surface area contributed by atoms with E-state index < -0.39 is 15.3 Å². The van der Waals surface area contributed by atoms with Crippen molar-refractivity contribution >= 4 is 15.2 Å². The number of hydrogen-bond acceptors (Lipinski definition) is 4. The van der Waals surface area contributed by atoms with Crippen molar-refractivity contribution in [2.75, 3.05) is 32.8 Å². The number of cyclic esters (lactones) is 1. The maximum atomic E-state index is 14.1. The Morgan fingerprint density at radius 3 is 2.52 bits per heavy atom. The maximum Gasteiger partial charge on any atom is 0.324 e. The second-order valence-electron chi connectivity index (χ2n) is 7.52. The minimum absolute atomic E-state index is 0.256. The Bertz CT molecular complexity index is 671. The van der Waals surface area contributed by atoms with Gasteiger partial charge in [0.2, 0.25) is 0 Å². The number of carbonyl (C=O) groups is 1. The van der Waals surface area contributed by atoms with Gasteiger partial charge in [-0.3, -0.25) is 9.00 Å². The number of esters is 1. The molecule has 2 rings (SSSR count). The van der Waals surface area contributed by atoms with Gasteiger partial charge in [-0.2, -0.15) is 0 Å².